The van der Waals surface area contributed by atoms with Crippen molar-refractivity contribution in [3.63, 3.8) is 0 Å². The summed E-state index contributed by atoms with van der Waals surface area (Å²) < 4.78 is 7.05. The lowest BCUT2D eigenvalue weighted by atomic mass is 10.2. The maximum Gasteiger partial charge on any atom is 0.230 e. The maximum atomic E-state index is 5.34. The number of hydrogen-bond donors (Lipinski definition) is 1. The minimum absolute atomic E-state index is 0.297. The zero-order valence-electron chi connectivity index (χ0n) is 10.3. The van der Waals surface area contributed by atoms with Crippen LogP contribution in [0.1, 0.15) is 29.8 Å². The molecule has 0 unspecified atom stereocenters. The smallest absolute Gasteiger partial charge is 0.230 e. The molecule has 3 aromatic heterocycles. The van der Waals surface area contributed by atoms with Gasteiger partial charge in [-0.1, -0.05) is 5.16 Å². The van der Waals surface area contributed by atoms with Gasteiger partial charge < -0.3 is 9.51 Å². The summed E-state index contributed by atoms with van der Waals surface area (Å²) in [6.07, 6.45) is 6.42. The van der Waals surface area contributed by atoms with Crippen LogP contribution in [0.25, 0.3) is 11.5 Å². The summed E-state index contributed by atoms with van der Waals surface area (Å²) in [7, 11) is 1.86. The molecule has 1 aliphatic carbocycles. The summed E-state index contributed by atoms with van der Waals surface area (Å²) in [4.78, 5) is 11.6. The van der Waals surface area contributed by atoms with E-state index < -0.39 is 0 Å². The number of rotatable bonds is 3. The van der Waals surface area contributed by atoms with E-state index in [0.29, 0.717) is 23.6 Å². The second-order valence-corrected chi connectivity index (χ2v) is 4.79. The molecular weight excluding hydrogens is 244 g/mol. The zero-order chi connectivity index (χ0) is 12.8. The monoisotopic (exact) mass is 256 g/mol. The van der Waals surface area contributed by atoms with Crippen molar-refractivity contribution >= 4 is 0 Å². The van der Waals surface area contributed by atoms with E-state index in [1.165, 1.54) is 0 Å². The summed E-state index contributed by atoms with van der Waals surface area (Å²) in [5.41, 5.74) is 1.86. The highest BCUT2D eigenvalue weighted by Gasteiger charge is 2.44. The van der Waals surface area contributed by atoms with E-state index in [1.807, 2.05) is 25.5 Å². The predicted octanol–water partition coefficient (Wildman–Crippen LogP) is 1.46. The van der Waals surface area contributed by atoms with E-state index in [-0.39, 0.29) is 0 Å². The Labute approximate surface area is 108 Å². The van der Waals surface area contributed by atoms with Gasteiger partial charge in [0.2, 0.25) is 11.7 Å². The topological polar surface area (TPSA) is 85.4 Å². The van der Waals surface area contributed by atoms with Crippen molar-refractivity contribution in [3.05, 3.63) is 36.4 Å². The number of aromatic nitrogens is 6. The molecule has 3 aromatic rings. The van der Waals surface area contributed by atoms with Crippen LogP contribution in [-0.4, -0.2) is 29.9 Å². The van der Waals surface area contributed by atoms with Gasteiger partial charge in [0.1, 0.15) is 5.69 Å². The molecule has 7 heteroatoms. The fraction of sp³-hybridized carbons (Fsp3) is 0.333. The summed E-state index contributed by atoms with van der Waals surface area (Å²) in [5, 5.41) is 8.25. The first kappa shape index (κ1) is 10.5. The third-order valence-electron chi connectivity index (χ3n) is 3.41. The zero-order valence-corrected chi connectivity index (χ0v) is 10.3. The highest BCUT2D eigenvalue weighted by atomic mass is 16.5. The van der Waals surface area contributed by atoms with Crippen molar-refractivity contribution in [3.8, 4) is 11.5 Å². The van der Waals surface area contributed by atoms with Gasteiger partial charge in [-0.15, -0.1) is 0 Å². The number of hydrogen-bond acceptors (Lipinski definition) is 5. The quantitative estimate of drug-likeness (QED) is 0.766. The van der Waals surface area contributed by atoms with Gasteiger partial charge in [0.15, 0.2) is 0 Å². The number of H-pyrrole nitrogens is 1. The van der Waals surface area contributed by atoms with E-state index >= 15 is 0 Å². The first-order chi connectivity index (χ1) is 9.31. The van der Waals surface area contributed by atoms with Crippen molar-refractivity contribution in [1.29, 1.82) is 0 Å². The Hall–Kier alpha value is -2.44. The van der Waals surface area contributed by atoms with Crippen molar-refractivity contribution in [2.24, 2.45) is 7.05 Å². The molecule has 96 valence electrons. The predicted molar refractivity (Wildman–Crippen MR) is 65.2 cm³/mol. The van der Waals surface area contributed by atoms with Crippen molar-refractivity contribution in [2.75, 3.05) is 0 Å². The number of aromatic amines is 1. The van der Waals surface area contributed by atoms with Crippen LogP contribution in [0.15, 0.2) is 29.3 Å². The molecule has 4 rings (SSSR count). The van der Waals surface area contributed by atoms with E-state index in [2.05, 4.69) is 25.2 Å². The number of nitrogens with one attached hydrogen (secondary N) is 1. The fourth-order valence-corrected chi connectivity index (χ4v) is 2.31. The molecule has 7 nitrogen and oxygen atoms in total. The van der Waals surface area contributed by atoms with Crippen LogP contribution in [0.3, 0.4) is 0 Å². The van der Waals surface area contributed by atoms with Crippen molar-refractivity contribution < 1.29 is 4.52 Å². The van der Waals surface area contributed by atoms with Crippen LogP contribution in [0.5, 0.6) is 0 Å². The van der Waals surface area contributed by atoms with Gasteiger partial charge in [-0.3, -0.25) is 4.68 Å². The molecule has 0 bridgehead atoms. The first-order valence-corrected chi connectivity index (χ1v) is 6.13. The average Bonchev–Trinajstić information content (AvgIpc) is 2.87. The summed E-state index contributed by atoms with van der Waals surface area (Å²) >= 11 is 0. The minimum Gasteiger partial charge on any atom is -0.348 e. The Morgan fingerprint density at radius 1 is 1.42 bits per heavy atom. The van der Waals surface area contributed by atoms with Gasteiger partial charge in [-0.05, 0) is 12.5 Å². The van der Waals surface area contributed by atoms with Crippen molar-refractivity contribution in [2.45, 2.75) is 18.3 Å². The number of nitrogens with zero attached hydrogens (tertiary/aromatic N) is 5. The van der Waals surface area contributed by atoms with Crippen LogP contribution >= 0.6 is 0 Å². The largest absolute Gasteiger partial charge is 0.348 e. The molecule has 1 N–H and O–H groups in total. The second kappa shape index (κ2) is 3.78. The van der Waals surface area contributed by atoms with Crippen molar-refractivity contribution in [1.82, 2.24) is 29.9 Å². The van der Waals surface area contributed by atoms with Gasteiger partial charge in [-0.2, -0.15) is 10.1 Å². The van der Waals surface area contributed by atoms with Crippen LogP contribution in [-0.2, 0) is 7.05 Å². The lowest BCUT2D eigenvalue weighted by molar-refractivity contribution is 0.378. The molecular formula is C12H12N6O. The Balaban J connectivity index is 1.57. The summed E-state index contributed by atoms with van der Waals surface area (Å²) in [6, 6.07) is 1.87. The molecule has 1 saturated carbocycles. The second-order valence-electron chi connectivity index (χ2n) is 4.79. The van der Waals surface area contributed by atoms with Crippen LogP contribution in [0.2, 0.25) is 0 Å². The normalized spacial score (nSPS) is 21.7. The van der Waals surface area contributed by atoms with Crippen LogP contribution < -0.4 is 0 Å². The molecule has 0 saturated heterocycles. The van der Waals surface area contributed by atoms with Gasteiger partial charge in [0.05, 0.1) is 6.33 Å². The lowest BCUT2D eigenvalue weighted by Gasteiger charge is -1.90. The molecule has 0 spiro atoms. The Kier molecular flexibility index (Phi) is 2.08. The van der Waals surface area contributed by atoms with E-state index in [0.717, 1.165) is 17.8 Å². The number of imidazole rings is 1. The molecule has 0 aliphatic heterocycles. The molecule has 3 heterocycles. The maximum absolute atomic E-state index is 5.34. The lowest BCUT2D eigenvalue weighted by Crippen LogP contribution is -1.89. The first-order valence-electron chi connectivity index (χ1n) is 6.13. The van der Waals surface area contributed by atoms with E-state index in [1.54, 1.807) is 11.0 Å². The highest BCUT2D eigenvalue weighted by Crippen LogP contribution is 2.53. The Morgan fingerprint density at radius 3 is 3.11 bits per heavy atom. The van der Waals surface area contributed by atoms with Crippen LogP contribution in [0.4, 0.5) is 0 Å². The molecule has 1 fully saturated rings. The molecule has 0 radical (unpaired) electrons. The van der Waals surface area contributed by atoms with Crippen LogP contribution in [0, 0.1) is 0 Å². The summed E-state index contributed by atoms with van der Waals surface area (Å²) in [5.74, 6) is 1.94. The van der Waals surface area contributed by atoms with Gasteiger partial charge in [0, 0.05) is 37.0 Å². The fourth-order valence-electron chi connectivity index (χ4n) is 2.31. The molecule has 2 atom stereocenters. The molecule has 0 amide bonds. The van der Waals surface area contributed by atoms with Gasteiger partial charge in [-0.25, -0.2) is 4.98 Å². The molecule has 1 aliphatic rings. The van der Waals surface area contributed by atoms with E-state index in [9.17, 15) is 0 Å². The van der Waals surface area contributed by atoms with Gasteiger partial charge in [0.25, 0.3) is 0 Å². The third-order valence-corrected chi connectivity index (χ3v) is 3.41. The van der Waals surface area contributed by atoms with Gasteiger partial charge >= 0.3 is 0 Å². The Morgan fingerprint density at radius 2 is 2.37 bits per heavy atom. The highest BCUT2D eigenvalue weighted by molar-refractivity contribution is 5.47. The third kappa shape index (κ3) is 1.74. The molecule has 0 aromatic carbocycles. The summed E-state index contributed by atoms with van der Waals surface area (Å²) in [6.45, 7) is 0. The Bertz CT molecular complexity index is 697. The number of aryl methyl sites for hydroxylation is 1. The SMILES string of the molecule is Cn1ccc(-c2noc([C@@H]3C[C@H]3c3cnc[nH]3)n2)n1. The molecule has 19 heavy (non-hydrogen) atoms. The standard InChI is InChI=1S/C12H12N6O/c1-18-3-2-9(16-18)11-15-12(19-17-11)8-4-7(8)10-5-13-6-14-10/h2-3,5-8H,4H2,1H3,(H,13,14)/t7-,8-/m1/s1. The van der Waals surface area contributed by atoms with E-state index in [4.69, 9.17) is 4.52 Å². The average molecular weight is 256 g/mol. The minimum atomic E-state index is 0.297.